The molecule has 104 valence electrons. The van der Waals surface area contributed by atoms with Crippen LogP contribution in [0.3, 0.4) is 0 Å². The molecule has 2 bridgehead atoms. The minimum atomic E-state index is 0.140. The number of carbonyl (C=O) groups is 1. The maximum atomic E-state index is 12.7. The summed E-state index contributed by atoms with van der Waals surface area (Å²) in [6.45, 7) is 0. The number of carbonyl (C=O) groups excluding carboxylic acids is 1. The standard InChI is InChI=1S/C15H18N4O/c20-15(10-6-12-2-1-3-13(7-10)18-12)11-8-16-14-4-5-17-19(14)9-11/h4-5,8-10,12-13,18H,1-3,6-7H2. The Balaban J connectivity index is 1.59. The van der Waals surface area contributed by atoms with E-state index in [4.69, 9.17) is 0 Å². The van der Waals surface area contributed by atoms with Crippen LogP contribution in [0.25, 0.3) is 5.65 Å². The number of hydrogen-bond acceptors (Lipinski definition) is 4. The van der Waals surface area contributed by atoms with E-state index in [9.17, 15) is 4.79 Å². The zero-order valence-electron chi connectivity index (χ0n) is 11.3. The molecule has 0 aliphatic carbocycles. The van der Waals surface area contributed by atoms with Crippen LogP contribution in [0.5, 0.6) is 0 Å². The summed E-state index contributed by atoms with van der Waals surface area (Å²) in [5.74, 6) is 0.370. The highest BCUT2D eigenvalue weighted by atomic mass is 16.1. The van der Waals surface area contributed by atoms with Gasteiger partial charge in [-0.15, -0.1) is 0 Å². The van der Waals surface area contributed by atoms with Gasteiger partial charge in [0.1, 0.15) is 0 Å². The summed E-state index contributed by atoms with van der Waals surface area (Å²) < 4.78 is 1.68. The molecule has 2 aliphatic rings. The Morgan fingerprint density at radius 1 is 1.30 bits per heavy atom. The zero-order valence-corrected chi connectivity index (χ0v) is 11.3. The largest absolute Gasteiger partial charge is 0.311 e. The van der Waals surface area contributed by atoms with Gasteiger partial charge in [-0.2, -0.15) is 5.10 Å². The summed E-state index contributed by atoms with van der Waals surface area (Å²) >= 11 is 0. The van der Waals surface area contributed by atoms with Gasteiger partial charge in [0.2, 0.25) is 0 Å². The van der Waals surface area contributed by atoms with Crippen LogP contribution in [0.1, 0.15) is 42.5 Å². The molecule has 0 amide bonds. The molecule has 4 rings (SSSR count). The maximum Gasteiger partial charge on any atom is 0.169 e. The summed E-state index contributed by atoms with van der Waals surface area (Å²) in [4.78, 5) is 17.0. The molecule has 20 heavy (non-hydrogen) atoms. The number of piperidine rings is 2. The summed E-state index contributed by atoms with van der Waals surface area (Å²) in [7, 11) is 0. The average molecular weight is 270 g/mol. The fourth-order valence-electron chi connectivity index (χ4n) is 3.65. The van der Waals surface area contributed by atoms with Gasteiger partial charge in [-0.1, -0.05) is 6.42 Å². The Labute approximate surface area is 117 Å². The van der Waals surface area contributed by atoms with Crippen molar-refractivity contribution in [2.24, 2.45) is 5.92 Å². The van der Waals surface area contributed by atoms with Crippen molar-refractivity contribution in [2.75, 3.05) is 0 Å². The Bertz CT molecular complexity index is 638. The molecule has 5 heteroatoms. The van der Waals surface area contributed by atoms with Gasteiger partial charge in [0.05, 0.1) is 11.8 Å². The van der Waals surface area contributed by atoms with Gasteiger partial charge >= 0.3 is 0 Å². The molecule has 1 N–H and O–H groups in total. The smallest absolute Gasteiger partial charge is 0.169 e. The summed E-state index contributed by atoms with van der Waals surface area (Å²) in [6, 6.07) is 2.89. The topological polar surface area (TPSA) is 59.3 Å². The van der Waals surface area contributed by atoms with Crippen LogP contribution in [0, 0.1) is 5.92 Å². The molecule has 2 aliphatic heterocycles. The molecule has 5 nitrogen and oxygen atoms in total. The zero-order chi connectivity index (χ0) is 13.5. The molecular weight excluding hydrogens is 252 g/mol. The lowest BCUT2D eigenvalue weighted by molar-refractivity contribution is 0.0824. The van der Waals surface area contributed by atoms with Crippen LogP contribution in [0.15, 0.2) is 24.7 Å². The lowest BCUT2D eigenvalue weighted by Crippen LogP contribution is -2.50. The molecule has 2 aromatic heterocycles. The minimum absolute atomic E-state index is 0.140. The van der Waals surface area contributed by atoms with Crippen molar-refractivity contribution in [3.63, 3.8) is 0 Å². The van der Waals surface area contributed by atoms with Crippen molar-refractivity contribution in [1.82, 2.24) is 19.9 Å². The van der Waals surface area contributed by atoms with Crippen molar-refractivity contribution in [3.8, 4) is 0 Å². The lowest BCUT2D eigenvalue weighted by Gasteiger charge is -2.39. The van der Waals surface area contributed by atoms with Gasteiger partial charge in [-0.05, 0) is 25.7 Å². The first-order chi connectivity index (χ1) is 9.79. The third kappa shape index (κ3) is 2.02. The van der Waals surface area contributed by atoms with Gasteiger partial charge in [-0.3, -0.25) is 4.79 Å². The number of hydrogen-bond donors (Lipinski definition) is 1. The summed E-state index contributed by atoms with van der Waals surface area (Å²) in [6.07, 6.45) is 10.8. The lowest BCUT2D eigenvalue weighted by atomic mass is 9.77. The van der Waals surface area contributed by atoms with Crippen LogP contribution in [0.2, 0.25) is 0 Å². The molecule has 2 atom stereocenters. The number of aromatic nitrogens is 3. The Hall–Kier alpha value is -1.75. The van der Waals surface area contributed by atoms with Gasteiger partial charge in [0.15, 0.2) is 11.4 Å². The van der Waals surface area contributed by atoms with Crippen molar-refractivity contribution in [3.05, 3.63) is 30.2 Å². The van der Waals surface area contributed by atoms with Crippen molar-refractivity contribution < 1.29 is 4.79 Å². The first kappa shape index (κ1) is 12.0. The molecule has 0 aromatic carbocycles. The Morgan fingerprint density at radius 3 is 2.90 bits per heavy atom. The SMILES string of the molecule is O=C(c1cnc2ccnn2c1)C1CC2CCCC(C1)N2. The molecule has 0 spiro atoms. The third-order valence-electron chi connectivity index (χ3n) is 4.62. The van der Waals surface area contributed by atoms with E-state index in [1.807, 2.05) is 12.3 Å². The molecule has 2 saturated heterocycles. The number of nitrogens with one attached hydrogen (secondary N) is 1. The quantitative estimate of drug-likeness (QED) is 0.846. The highest BCUT2D eigenvalue weighted by Crippen LogP contribution is 2.31. The van der Waals surface area contributed by atoms with E-state index in [0.29, 0.717) is 17.6 Å². The molecule has 2 fully saturated rings. The Morgan fingerprint density at radius 2 is 2.10 bits per heavy atom. The van der Waals surface area contributed by atoms with Gasteiger partial charge in [0, 0.05) is 36.5 Å². The molecule has 4 heterocycles. The minimum Gasteiger partial charge on any atom is -0.311 e. The van der Waals surface area contributed by atoms with E-state index >= 15 is 0 Å². The van der Waals surface area contributed by atoms with Gasteiger partial charge in [-0.25, -0.2) is 9.50 Å². The van der Waals surface area contributed by atoms with E-state index in [1.54, 1.807) is 16.9 Å². The van der Waals surface area contributed by atoms with Gasteiger partial charge in [0.25, 0.3) is 0 Å². The van der Waals surface area contributed by atoms with E-state index < -0.39 is 0 Å². The monoisotopic (exact) mass is 270 g/mol. The molecule has 2 unspecified atom stereocenters. The summed E-state index contributed by atoms with van der Waals surface area (Å²) in [5, 5.41) is 7.78. The normalized spacial score (nSPS) is 29.5. The predicted molar refractivity (Wildman–Crippen MR) is 74.6 cm³/mol. The molecular formula is C15H18N4O. The van der Waals surface area contributed by atoms with Crippen molar-refractivity contribution in [2.45, 2.75) is 44.2 Å². The van der Waals surface area contributed by atoms with Crippen LogP contribution >= 0.6 is 0 Å². The van der Waals surface area contributed by atoms with Crippen LogP contribution in [-0.4, -0.2) is 32.5 Å². The van der Waals surface area contributed by atoms with E-state index in [1.165, 1.54) is 19.3 Å². The highest BCUT2D eigenvalue weighted by molar-refractivity contribution is 5.97. The maximum absolute atomic E-state index is 12.7. The highest BCUT2D eigenvalue weighted by Gasteiger charge is 2.35. The number of fused-ring (bicyclic) bond motifs is 3. The number of ketones is 1. The van der Waals surface area contributed by atoms with Crippen LogP contribution in [-0.2, 0) is 0 Å². The van der Waals surface area contributed by atoms with Crippen molar-refractivity contribution >= 4 is 11.4 Å². The molecule has 0 saturated carbocycles. The molecule has 0 radical (unpaired) electrons. The number of Topliss-reactive ketones (excluding diaryl/α,β-unsaturated/α-hetero) is 1. The molecule has 2 aromatic rings. The second-order valence-corrected chi connectivity index (χ2v) is 6.00. The summed E-state index contributed by atoms with van der Waals surface area (Å²) in [5.41, 5.74) is 1.47. The second-order valence-electron chi connectivity index (χ2n) is 6.00. The number of nitrogens with zero attached hydrogens (tertiary/aromatic N) is 3. The fraction of sp³-hybridized carbons (Fsp3) is 0.533. The fourth-order valence-corrected chi connectivity index (χ4v) is 3.65. The third-order valence-corrected chi connectivity index (χ3v) is 4.62. The van der Waals surface area contributed by atoms with Crippen molar-refractivity contribution in [1.29, 1.82) is 0 Å². The first-order valence-electron chi connectivity index (χ1n) is 7.39. The predicted octanol–water partition coefficient (Wildman–Crippen LogP) is 1.83. The van der Waals surface area contributed by atoms with Crippen LogP contribution < -0.4 is 5.32 Å². The van der Waals surface area contributed by atoms with Crippen LogP contribution in [0.4, 0.5) is 0 Å². The van der Waals surface area contributed by atoms with E-state index in [-0.39, 0.29) is 11.7 Å². The Kier molecular flexibility index (Phi) is 2.80. The van der Waals surface area contributed by atoms with Gasteiger partial charge < -0.3 is 5.32 Å². The second kappa shape index (κ2) is 4.66. The van der Waals surface area contributed by atoms with E-state index in [0.717, 1.165) is 18.5 Å². The number of rotatable bonds is 2. The average Bonchev–Trinajstić information content (AvgIpc) is 2.93. The van der Waals surface area contributed by atoms with E-state index in [2.05, 4.69) is 15.4 Å². The first-order valence-corrected chi connectivity index (χ1v) is 7.39.